The van der Waals surface area contributed by atoms with Gasteiger partial charge in [-0.3, -0.25) is 0 Å². The van der Waals surface area contributed by atoms with Crippen molar-refractivity contribution in [3.63, 3.8) is 0 Å². The van der Waals surface area contributed by atoms with Gasteiger partial charge >= 0.3 is 0 Å². The van der Waals surface area contributed by atoms with E-state index >= 15 is 0 Å². The molecular weight excluding hydrogens is 348 g/mol. The fraction of sp³-hybridized carbons (Fsp3) is 0.500. The fourth-order valence-electron chi connectivity index (χ4n) is 3.95. The highest BCUT2D eigenvalue weighted by atomic mass is 15.4. The van der Waals surface area contributed by atoms with Gasteiger partial charge in [0.2, 0.25) is 5.65 Å². The first-order valence-corrected chi connectivity index (χ1v) is 10.4. The molecule has 4 rings (SSSR count). The highest BCUT2D eigenvalue weighted by Gasteiger charge is 2.23. The van der Waals surface area contributed by atoms with Crippen LogP contribution in [0, 0.1) is 0 Å². The van der Waals surface area contributed by atoms with Gasteiger partial charge in [-0.15, -0.1) is 15.3 Å². The van der Waals surface area contributed by atoms with E-state index < -0.39 is 0 Å². The predicted octanol–water partition coefficient (Wildman–Crippen LogP) is 4.66. The van der Waals surface area contributed by atoms with Crippen molar-refractivity contribution >= 4 is 17.2 Å². The van der Waals surface area contributed by atoms with Crippen LogP contribution in [0.5, 0.6) is 0 Å². The fourth-order valence-corrected chi connectivity index (χ4v) is 3.95. The van der Waals surface area contributed by atoms with Crippen molar-refractivity contribution in [1.29, 1.82) is 0 Å². The van der Waals surface area contributed by atoms with Gasteiger partial charge in [0.15, 0.2) is 5.82 Å². The summed E-state index contributed by atoms with van der Waals surface area (Å²) in [7, 11) is 0. The molecule has 0 unspecified atom stereocenters. The standard InChI is InChI=1S/C22H30N6.H2/c1-5-18(6-2)23-20-13-19(22-25-24-21(15(3)4)28(22)26-20)27-12-11-16-9-7-8-10-17(16)14-27;/h7-10,13,15,18H,5-6,11-12,14H2,1-4H3,(H,23,26);1H. The summed E-state index contributed by atoms with van der Waals surface area (Å²) >= 11 is 0. The summed E-state index contributed by atoms with van der Waals surface area (Å²) < 4.78 is 1.94. The molecule has 6 nitrogen and oxygen atoms in total. The Bertz CT molecular complexity index is 963. The summed E-state index contributed by atoms with van der Waals surface area (Å²) in [4.78, 5) is 2.41. The lowest BCUT2D eigenvalue weighted by atomic mass is 9.99. The first-order chi connectivity index (χ1) is 13.6. The molecular formula is C22H32N6. The maximum absolute atomic E-state index is 4.85. The van der Waals surface area contributed by atoms with E-state index in [4.69, 9.17) is 5.10 Å². The number of hydrogen-bond acceptors (Lipinski definition) is 5. The topological polar surface area (TPSA) is 58.3 Å². The van der Waals surface area contributed by atoms with E-state index in [2.05, 4.69) is 78.4 Å². The maximum atomic E-state index is 4.85. The molecule has 0 spiro atoms. The van der Waals surface area contributed by atoms with Gasteiger partial charge in [-0.05, 0) is 30.4 Å². The maximum Gasteiger partial charge on any atom is 0.201 e. The van der Waals surface area contributed by atoms with Gasteiger partial charge in [-0.1, -0.05) is 52.0 Å². The Morgan fingerprint density at radius 2 is 1.86 bits per heavy atom. The van der Waals surface area contributed by atoms with E-state index in [0.717, 1.165) is 55.3 Å². The second kappa shape index (κ2) is 7.78. The van der Waals surface area contributed by atoms with Crippen molar-refractivity contribution in [3.8, 4) is 0 Å². The number of aromatic nitrogens is 4. The lowest BCUT2D eigenvalue weighted by molar-refractivity contribution is 0.659. The summed E-state index contributed by atoms with van der Waals surface area (Å²) in [5, 5.41) is 17.4. The number of anilines is 2. The van der Waals surface area contributed by atoms with Gasteiger partial charge in [0.05, 0.1) is 5.69 Å². The van der Waals surface area contributed by atoms with E-state index in [-0.39, 0.29) is 7.34 Å². The second-order valence-electron chi connectivity index (χ2n) is 7.96. The average molecular weight is 381 g/mol. The minimum atomic E-state index is 0. The van der Waals surface area contributed by atoms with Crippen LogP contribution in [0.25, 0.3) is 5.65 Å². The molecule has 3 aromatic rings. The largest absolute Gasteiger partial charge is 0.366 e. The number of nitrogens with zero attached hydrogens (tertiary/aromatic N) is 5. The zero-order valence-corrected chi connectivity index (χ0v) is 17.3. The summed E-state index contributed by atoms with van der Waals surface area (Å²) in [5.74, 6) is 2.07. The Morgan fingerprint density at radius 3 is 2.57 bits per heavy atom. The molecule has 0 amide bonds. The molecule has 150 valence electrons. The molecule has 0 atom stereocenters. The van der Waals surface area contributed by atoms with Gasteiger partial charge in [0.25, 0.3) is 0 Å². The van der Waals surface area contributed by atoms with Crippen molar-refractivity contribution in [2.24, 2.45) is 0 Å². The average Bonchev–Trinajstić information content (AvgIpc) is 3.15. The summed E-state index contributed by atoms with van der Waals surface area (Å²) in [5.41, 5.74) is 4.79. The number of rotatable bonds is 6. The molecule has 2 aromatic heterocycles. The van der Waals surface area contributed by atoms with Crippen molar-refractivity contribution in [2.45, 2.75) is 65.5 Å². The lowest BCUT2D eigenvalue weighted by Crippen LogP contribution is -2.31. The molecule has 0 radical (unpaired) electrons. The monoisotopic (exact) mass is 380 g/mol. The SMILES string of the molecule is CCC(CC)Nc1cc(N2CCc3ccccc3C2)c2nnc(C(C)C)n2n1.[HH]. The third-order valence-corrected chi connectivity index (χ3v) is 5.70. The normalized spacial score (nSPS) is 14.1. The number of benzene rings is 1. The Hall–Kier alpha value is -2.63. The van der Waals surface area contributed by atoms with Gasteiger partial charge in [-0.25, -0.2) is 0 Å². The number of fused-ring (bicyclic) bond motifs is 2. The van der Waals surface area contributed by atoms with Crippen LogP contribution in [0.3, 0.4) is 0 Å². The first kappa shape index (κ1) is 18.7. The van der Waals surface area contributed by atoms with Gasteiger partial charge in [0, 0.05) is 32.5 Å². The predicted molar refractivity (Wildman–Crippen MR) is 116 cm³/mol. The molecule has 6 heteroatoms. The third-order valence-electron chi connectivity index (χ3n) is 5.70. The van der Waals surface area contributed by atoms with E-state index in [1.807, 2.05) is 4.52 Å². The molecule has 0 fully saturated rings. The smallest absolute Gasteiger partial charge is 0.201 e. The van der Waals surface area contributed by atoms with Crippen molar-refractivity contribution in [3.05, 3.63) is 47.3 Å². The Kier molecular flexibility index (Phi) is 5.20. The first-order valence-electron chi connectivity index (χ1n) is 10.4. The molecule has 0 aliphatic carbocycles. The Labute approximate surface area is 168 Å². The van der Waals surface area contributed by atoms with Gasteiger partial charge in [0.1, 0.15) is 5.82 Å². The van der Waals surface area contributed by atoms with Gasteiger partial charge in [-0.2, -0.15) is 4.52 Å². The molecule has 1 aliphatic rings. The minimum absolute atomic E-state index is 0. The van der Waals surface area contributed by atoms with Crippen LogP contribution in [-0.4, -0.2) is 32.4 Å². The van der Waals surface area contributed by atoms with E-state index in [1.54, 1.807) is 0 Å². The third kappa shape index (κ3) is 3.43. The Balaban J connectivity index is 0.00000240. The summed E-state index contributed by atoms with van der Waals surface area (Å²) in [6, 6.07) is 11.3. The molecule has 28 heavy (non-hydrogen) atoms. The van der Waals surface area contributed by atoms with Crippen LogP contribution in [-0.2, 0) is 13.0 Å². The van der Waals surface area contributed by atoms with E-state index in [1.165, 1.54) is 11.1 Å². The zero-order chi connectivity index (χ0) is 19.7. The van der Waals surface area contributed by atoms with Crippen LogP contribution in [0.2, 0.25) is 0 Å². The van der Waals surface area contributed by atoms with Crippen LogP contribution in [0.15, 0.2) is 30.3 Å². The molecule has 0 saturated heterocycles. The van der Waals surface area contributed by atoms with Crippen molar-refractivity contribution in [2.75, 3.05) is 16.8 Å². The van der Waals surface area contributed by atoms with Crippen LogP contribution in [0.4, 0.5) is 11.5 Å². The highest BCUT2D eigenvalue weighted by molar-refractivity contribution is 5.72. The molecule has 0 bridgehead atoms. The minimum Gasteiger partial charge on any atom is -0.366 e. The van der Waals surface area contributed by atoms with E-state index in [0.29, 0.717) is 6.04 Å². The molecule has 1 aliphatic heterocycles. The summed E-state index contributed by atoms with van der Waals surface area (Å²) in [6.45, 7) is 10.6. The summed E-state index contributed by atoms with van der Waals surface area (Å²) in [6.07, 6.45) is 3.19. The zero-order valence-electron chi connectivity index (χ0n) is 17.3. The number of nitrogens with one attached hydrogen (secondary N) is 1. The van der Waals surface area contributed by atoms with Crippen LogP contribution < -0.4 is 10.2 Å². The van der Waals surface area contributed by atoms with Crippen LogP contribution >= 0.6 is 0 Å². The van der Waals surface area contributed by atoms with E-state index in [9.17, 15) is 0 Å². The van der Waals surface area contributed by atoms with Gasteiger partial charge < -0.3 is 10.2 Å². The van der Waals surface area contributed by atoms with Crippen LogP contribution in [0.1, 0.15) is 64.8 Å². The quantitative estimate of drug-likeness (QED) is 0.674. The van der Waals surface area contributed by atoms with Crippen molar-refractivity contribution in [1.82, 2.24) is 19.8 Å². The molecule has 3 heterocycles. The molecule has 1 aromatic carbocycles. The molecule has 1 N–H and O–H groups in total. The molecule has 0 saturated carbocycles. The second-order valence-corrected chi connectivity index (χ2v) is 7.96. The lowest BCUT2D eigenvalue weighted by Gasteiger charge is -2.31. The highest BCUT2D eigenvalue weighted by Crippen LogP contribution is 2.30. The van der Waals surface area contributed by atoms with Crippen molar-refractivity contribution < 1.29 is 1.43 Å². The Morgan fingerprint density at radius 1 is 1.11 bits per heavy atom. The number of hydrogen-bond donors (Lipinski definition) is 1.